The standard InChI is InChI=1S/C22H24N2O3/c1-15(25)23-16-8-7-9-18(12-16)27-14-17(26)13-21-22(2,3)19-10-5-6-11-20(19)24(21)4/h5-13H,14H2,1-4H3,(H,23,25). The monoisotopic (exact) mass is 364 g/mol. The van der Waals surface area contributed by atoms with E-state index in [0.29, 0.717) is 11.4 Å². The molecular formula is C22H24N2O3. The second-order valence-electron chi connectivity index (χ2n) is 7.19. The average Bonchev–Trinajstić information content (AvgIpc) is 2.81. The molecule has 0 unspecified atom stereocenters. The van der Waals surface area contributed by atoms with Crippen LogP contribution in [0.5, 0.6) is 5.75 Å². The van der Waals surface area contributed by atoms with E-state index in [4.69, 9.17) is 4.74 Å². The number of hydrogen-bond acceptors (Lipinski definition) is 4. The molecule has 0 atom stereocenters. The van der Waals surface area contributed by atoms with E-state index in [9.17, 15) is 9.59 Å². The molecule has 3 rings (SSSR count). The van der Waals surface area contributed by atoms with Crippen LogP contribution in [0.3, 0.4) is 0 Å². The zero-order valence-corrected chi connectivity index (χ0v) is 16.1. The van der Waals surface area contributed by atoms with Crippen LogP contribution in [0.15, 0.2) is 60.3 Å². The molecule has 0 spiro atoms. The number of nitrogens with zero attached hydrogens (tertiary/aromatic N) is 1. The maximum atomic E-state index is 12.5. The number of ether oxygens (including phenoxy) is 1. The number of hydrogen-bond donors (Lipinski definition) is 1. The number of allylic oxidation sites excluding steroid dienone is 1. The lowest BCUT2D eigenvalue weighted by molar-refractivity contribution is -0.116. The highest BCUT2D eigenvalue weighted by Crippen LogP contribution is 2.46. The maximum Gasteiger partial charge on any atom is 0.221 e. The van der Waals surface area contributed by atoms with E-state index in [1.165, 1.54) is 12.5 Å². The van der Waals surface area contributed by atoms with Crippen molar-refractivity contribution in [2.75, 3.05) is 23.9 Å². The summed E-state index contributed by atoms with van der Waals surface area (Å²) in [4.78, 5) is 25.7. The number of carbonyl (C=O) groups excluding carboxylic acids is 2. The fourth-order valence-electron chi connectivity index (χ4n) is 3.47. The number of para-hydroxylation sites is 1. The van der Waals surface area contributed by atoms with Gasteiger partial charge in [0.05, 0.1) is 0 Å². The van der Waals surface area contributed by atoms with Crippen LogP contribution in [0.1, 0.15) is 26.3 Å². The van der Waals surface area contributed by atoms with Gasteiger partial charge in [-0.05, 0) is 23.8 Å². The van der Waals surface area contributed by atoms with Crippen molar-refractivity contribution < 1.29 is 14.3 Å². The normalized spacial score (nSPS) is 16.1. The summed E-state index contributed by atoms with van der Waals surface area (Å²) in [6.45, 7) is 5.62. The summed E-state index contributed by atoms with van der Waals surface area (Å²) in [5, 5.41) is 2.70. The summed E-state index contributed by atoms with van der Waals surface area (Å²) in [5.74, 6) is 0.275. The van der Waals surface area contributed by atoms with Crippen LogP contribution in [-0.2, 0) is 15.0 Å². The predicted molar refractivity (Wildman–Crippen MR) is 107 cm³/mol. The Morgan fingerprint density at radius 3 is 2.59 bits per heavy atom. The Bertz CT molecular complexity index is 915. The Morgan fingerprint density at radius 2 is 1.89 bits per heavy atom. The number of anilines is 2. The summed E-state index contributed by atoms with van der Waals surface area (Å²) < 4.78 is 5.62. The van der Waals surface area contributed by atoms with Crippen molar-refractivity contribution in [1.29, 1.82) is 0 Å². The minimum Gasteiger partial charge on any atom is -0.485 e. The summed E-state index contributed by atoms with van der Waals surface area (Å²) in [6, 6.07) is 15.2. The third-order valence-corrected chi connectivity index (χ3v) is 4.77. The van der Waals surface area contributed by atoms with Crippen molar-refractivity contribution in [3.05, 3.63) is 65.9 Å². The lowest BCUT2D eigenvalue weighted by Crippen LogP contribution is -2.25. The molecule has 1 aliphatic heterocycles. The van der Waals surface area contributed by atoms with E-state index >= 15 is 0 Å². The molecule has 27 heavy (non-hydrogen) atoms. The van der Waals surface area contributed by atoms with Gasteiger partial charge in [0.15, 0.2) is 12.4 Å². The van der Waals surface area contributed by atoms with Gasteiger partial charge in [-0.1, -0.05) is 38.1 Å². The van der Waals surface area contributed by atoms with Crippen molar-refractivity contribution in [2.24, 2.45) is 0 Å². The summed E-state index contributed by atoms with van der Waals surface area (Å²) >= 11 is 0. The van der Waals surface area contributed by atoms with E-state index in [-0.39, 0.29) is 23.7 Å². The first-order valence-electron chi connectivity index (χ1n) is 8.88. The molecule has 0 saturated heterocycles. The Balaban J connectivity index is 1.72. The highest BCUT2D eigenvalue weighted by atomic mass is 16.5. The first-order valence-corrected chi connectivity index (χ1v) is 8.88. The number of likely N-dealkylation sites (N-methyl/N-ethyl adjacent to an activating group) is 1. The van der Waals surface area contributed by atoms with Crippen molar-refractivity contribution in [3.8, 4) is 5.75 Å². The molecule has 0 fully saturated rings. The zero-order valence-electron chi connectivity index (χ0n) is 16.1. The molecule has 140 valence electrons. The van der Waals surface area contributed by atoms with Gasteiger partial charge in [-0.3, -0.25) is 9.59 Å². The molecule has 5 heteroatoms. The summed E-state index contributed by atoms with van der Waals surface area (Å²) in [7, 11) is 1.98. The number of carbonyl (C=O) groups is 2. The fraction of sp³-hybridized carbons (Fsp3) is 0.273. The molecule has 1 N–H and O–H groups in total. The second kappa shape index (κ2) is 7.27. The highest BCUT2D eigenvalue weighted by molar-refractivity contribution is 5.93. The lowest BCUT2D eigenvalue weighted by Gasteiger charge is -2.24. The van der Waals surface area contributed by atoms with Crippen LogP contribution >= 0.6 is 0 Å². The number of rotatable bonds is 5. The van der Waals surface area contributed by atoms with Crippen LogP contribution in [0.2, 0.25) is 0 Å². The van der Waals surface area contributed by atoms with Crippen molar-refractivity contribution in [3.63, 3.8) is 0 Å². The van der Waals surface area contributed by atoms with E-state index in [1.54, 1.807) is 30.3 Å². The largest absolute Gasteiger partial charge is 0.485 e. The lowest BCUT2D eigenvalue weighted by atomic mass is 9.83. The average molecular weight is 364 g/mol. The number of ketones is 1. The zero-order chi connectivity index (χ0) is 19.6. The third-order valence-electron chi connectivity index (χ3n) is 4.77. The quantitative estimate of drug-likeness (QED) is 0.818. The molecule has 2 aromatic carbocycles. The van der Waals surface area contributed by atoms with E-state index in [1.807, 2.05) is 19.2 Å². The van der Waals surface area contributed by atoms with Gasteiger partial charge in [-0.25, -0.2) is 0 Å². The van der Waals surface area contributed by atoms with Gasteiger partial charge in [0, 0.05) is 48.6 Å². The Hall–Kier alpha value is -3.08. The van der Waals surface area contributed by atoms with Crippen LogP contribution in [-0.4, -0.2) is 25.3 Å². The van der Waals surface area contributed by atoms with Crippen LogP contribution < -0.4 is 15.0 Å². The van der Waals surface area contributed by atoms with Gasteiger partial charge in [0.25, 0.3) is 0 Å². The van der Waals surface area contributed by atoms with Gasteiger partial charge in [0.1, 0.15) is 5.75 Å². The minimum absolute atomic E-state index is 0.0622. The van der Waals surface area contributed by atoms with Crippen molar-refractivity contribution >= 4 is 23.1 Å². The van der Waals surface area contributed by atoms with Crippen LogP contribution in [0, 0.1) is 0 Å². The minimum atomic E-state index is -0.244. The molecule has 1 amide bonds. The Kier molecular flexibility index (Phi) is 5.04. The van der Waals surface area contributed by atoms with E-state index in [0.717, 1.165) is 11.4 Å². The number of amides is 1. The molecule has 0 bridgehead atoms. The van der Waals surface area contributed by atoms with Gasteiger partial charge < -0.3 is 15.0 Å². The van der Waals surface area contributed by atoms with Gasteiger partial charge >= 0.3 is 0 Å². The number of benzene rings is 2. The summed E-state index contributed by atoms with van der Waals surface area (Å²) in [5.41, 5.74) is 3.66. The number of fused-ring (bicyclic) bond motifs is 1. The second-order valence-corrected chi connectivity index (χ2v) is 7.19. The molecule has 0 radical (unpaired) electrons. The molecule has 1 heterocycles. The van der Waals surface area contributed by atoms with Gasteiger partial charge in [-0.2, -0.15) is 0 Å². The first kappa shape index (κ1) is 18.7. The van der Waals surface area contributed by atoms with Crippen molar-refractivity contribution in [1.82, 2.24) is 0 Å². The highest BCUT2D eigenvalue weighted by Gasteiger charge is 2.38. The molecule has 1 aliphatic rings. The van der Waals surface area contributed by atoms with E-state index < -0.39 is 0 Å². The molecular weight excluding hydrogens is 340 g/mol. The first-order chi connectivity index (χ1) is 12.8. The molecule has 2 aromatic rings. The maximum absolute atomic E-state index is 12.5. The van der Waals surface area contributed by atoms with Crippen LogP contribution in [0.4, 0.5) is 11.4 Å². The van der Waals surface area contributed by atoms with E-state index in [2.05, 4.69) is 36.2 Å². The topological polar surface area (TPSA) is 58.6 Å². The molecule has 0 saturated carbocycles. The Morgan fingerprint density at radius 1 is 1.15 bits per heavy atom. The predicted octanol–water partition coefficient (Wildman–Crippen LogP) is 3.90. The molecule has 0 aromatic heterocycles. The third kappa shape index (κ3) is 3.87. The SMILES string of the molecule is CC(=O)Nc1cccc(OCC(=O)C=C2N(C)c3ccccc3C2(C)C)c1. The fourth-order valence-corrected chi connectivity index (χ4v) is 3.47. The number of nitrogens with one attached hydrogen (secondary N) is 1. The van der Waals surface area contributed by atoms with Gasteiger partial charge in [-0.15, -0.1) is 0 Å². The molecule has 0 aliphatic carbocycles. The Labute approximate surface area is 159 Å². The smallest absolute Gasteiger partial charge is 0.221 e. The van der Waals surface area contributed by atoms with Gasteiger partial charge in [0.2, 0.25) is 5.91 Å². The van der Waals surface area contributed by atoms with Crippen molar-refractivity contribution in [2.45, 2.75) is 26.2 Å². The van der Waals surface area contributed by atoms with Crippen LogP contribution in [0.25, 0.3) is 0 Å². The summed E-state index contributed by atoms with van der Waals surface area (Å²) in [6.07, 6.45) is 1.66. The molecule has 5 nitrogen and oxygen atoms in total.